The van der Waals surface area contributed by atoms with Crippen molar-refractivity contribution in [1.29, 1.82) is 0 Å². The van der Waals surface area contributed by atoms with E-state index in [0.717, 1.165) is 44.9 Å². The molecule has 1 amide bonds. The first kappa shape index (κ1) is 30.4. The van der Waals surface area contributed by atoms with E-state index >= 15 is 0 Å². The number of rotatable bonds is 19. The second-order valence-electron chi connectivity index (χ2n) is 9.81. The lowest BCUT2D eigenvalue weighted by Gasteiger charge is -2.33. The molecule has 0 radical (unpaired) electrons. The van der Waals surface area contributed by atoms with Crippen LogP contribution in [-0.2, 0) is 23.9 Å². The molecular formula is C25H48N2O5. The molecule has 0 rings (SSSR count). The van der Waals surface area contributed by atoms with E-state index in [2.05, 4.69) is 45.3 Å². The summed E-state index contributed by atoms with van der Waals surface area (Å²) in [4.78, 5) is 35.3. The maximum absolute atomic E-state index is 12.6. The Kier molecular flexibility index (Phi) is 16.1. The van der Waals surface area contributed by atoms with Crippen LogP contribution in [0.3, 0.4) is 0 Å². The number of carbonyl (C=O) groups is 3. The highest BCUT2D eigenvalue weighted by Crippen LogP contribution is 2.18. The Hall–Kier alpha value is -1.63. The predicted octanol–water partition coefficient (Wildman–Crippen LogP) is 4.38. The van der Waals surface area contributed by atoms with Crippen LogP contribution < -0.4 is 10.6 Å². The monoisotopic (exact) mass is 456 g/mol. The first-order valence-corrected chi connectivity index (χ1v) is 12.4. The summed E-state index contributed by atoms with van der Waals surface area (Å²) in [5, 5.41) is 6.05. The van der Waals surface area contributed by atoms with Crippen LogP contribution in [0.4, 0.5) is 0 Å². The first-order chi connectivity index (χ1) is 15.1. The van der Waals surface area contributed by atoms with E-state index in [-0.39, 0.29) is 29.4 Å². The van der Waals surface area contributed by atoms with Crippen molar-refractivity contribution in [3.05, 3.63) is 0 Å². The lowest BCUT2D eigenvalue weighted by Crippen LogP contribution is -2.51. The van der Waals surface area contributed by atoms with Crippen molar-refractivity contribution in [2.45, 2.75) is 117 Å². The van der Waals surface area contributed by atoms with E-state index < -0.39 is 6.04 Å². The summed E-state index contributed by atoms with van der Waals surface area (Å²) in [5.74, 6) is 0.146. The van der Waals surface area contributed by atoms with Crippen LogP contribution in [-0.4, -0.2) is 49.2 Å². The zero-order chi connectivity index (χ0) is 24.6. The Balaban J connectivity index is 4.18. The lowest BCUT2D eigenvalue weighted by atomic mass is 9.92. The van der Waals surface area contributed by atoms with Crippen LogP contribution in [0.1, 0.15) is 99.8 Å². The Bertz CT molecular complexity index is 532. The van der Waals surface area contributed by atoms with Crippen molar-refractivity contribution in [2.24, 2.45) is 11.8 Å². The van der Waals surface area contributed by atoms with Crippen LogP contribution in [0.25, 0.3) is 0 Å². The maximum atomic E-state index is 12.6. The third kappa shape index (κ3) is 13.7. The Morgan fingerprint density at radius 1 is 0.812 bits per heavy atom. The van der Waals surface area contributed by atoms with Gasteiger partial charge in [-0.25, -0.2) is 4.79 Å². The average molecular weight is 457 g/mol. The van der Waals surface area contributed by atoms with E-state index in [0.29, 0.717) is 32.0 Å². The van der Waals surface area contributed by atoms with Crippen molar-refractivity contribution in [2.75, 3.05) is 13.2 Å². The van der Waals surface area contributed by atoms with Crippen LogP contribution >= 0.6 is 0 Å². The normalized spacial score (nSPS) is 13.7. The van der Waals surface area contributed by atoms with E-state index in [4.69, 9.17) is 9.47 Å². The number of carbonyl (C=O) groups excluding carboxylic acids is 3. The van der Waals surface area contributed by atoms with E-state index in [1.54, 1.807) is 0 Å². The fourth-order valence-electron chi connectivity index (χ4n) is 3.45. The maximum Gasteiger partial charge on any atom is 0.328 e. The number of hydrogen-bond donors (Lipinski definition) is 2. The Morgan fingerprint density at radius 3 is 1.66 bits per heavy atom. The zero-order valence-corrected chi connectivity index (χ0v) is 21.5. The summed E-state index contributed by atoms with van der Waals surface area (Å²) in [5.41, 5.74) is -0.0641. The van der Waals surface area contributed by atoms with Gasteiger partial charge in [0.2, 0.25) is 6.41 Å². The fourth-order valence-corrected chi connectivity index (χ4v) is 3.45. The highest BCUT2D eigenvalue weighted by Gasteiger charge is 2.29. The molecular weight excluding hydrogens is 408 g/mol. The molecule has 0 aliphatic rings. The molecule has 0 spiro atoms. The molecule has 0 heterocycles. The number of unbranched alkanes of at least 4 members (excludes halogenated alkanes) is 3. The number of ether oxygens (including phenoxy) is 2. The SMILES string of the molecule is CCC(C)(CC)NC(CC(C)C)C(=O)OCCCCCCOC(=O)C(CC(C)C)NC=O. The van der Waals surface area contributed by atoms with Crippen LogP contribution in [0, 0.1) is 11.8 Å². The molecule has 0 aliphatic carbocycles. The summed E-state index contributed by atoms with van der Waals surface area (Å²) < 4.78 is 10.8. The van der Waals surface area contributed by atoms with E-state index in [1.807, 2.05) is 13.8 Å². The summed E-state index contributed by atoms with van der Waals surface area (Å²) in [6, 6.07) is -0.861. The topological polar surface area (TPSA) is 93.7 Å². The van der Waals surface area contributed by atoms with Crippen molar-refractivity contribution < 1.29 is 23.9 Å². The molecule has 0 bridgehead atoms. The van der Waals surface area contributed by atoms with Gasteiger partial charge in [-0.2, -0.15) is 0 Å². The molecule has 7 heteroatoms. The molecule has 0 aromatic carbocycles. The van der Waals surface area contributed by atoms with E-state index in [9.17, 15) is 14.4 Å². The third-order valence-corrected chi connectivity index (χ3v) is 5.86. The van der Waals surface area contributed by atoms with Gasteiger partial charge in [0, 0.05) is 5.54 Å². The van der Waals surface area contributed by atoms with Crippen molar-refractivity contribution in [3.8, 4) is 0 Å². The second kappa shape index (κ2) is 16.9. The molecule has 0 saturated carbocycles. The van der Waals surface area contributed by atoms with Crippen LogP contribution in [0.15, 0.2) is 0 Å². The molecule has 2 N–H and O–H groups in total. The number of nitrogens with one attached hydrogen (secondary N) is 2. The summed E-state index contributed by atoms with van der Waals surface area (Å²) >= 11 is 0. The van der Waals surface area contributed by atoms with Gasteiger partial charge in [-0.15, -0.1) is 0 Å². The van der Waals surface area contributed by atoms with Gasteiger partial charge >= 0.3 is 11.9 Å². The average Bonchev–Trinajstić information content (AvgIpc) is 2.73. The summed E-state index contributed by atoms with van der Waals surface area (Å²) in [6.07, 6.45) is 7.10. The molecule has 0 fully saturated rings. The summed E-state index contributed by atoms with van der Waals surface area (Å²) in [7, 11) is 0. The molecule has 2 atom stereocenters. The standard InChI is InChI=1S/C25H48N2O5/c1-8-25(7,9-2)27-22(17-20(5)6)24(30)32-15-13-11-10-12-14-31-23(29)21(26-18-28)16-19(3)4/h18-22,27H,8-17H2,1-7H3,(H,26,28). The third-order valence-electron chi connectivity index (χ3n) is 5.86. The van der Waals surface area contributed by atoms with Gasteiger partial charge in [0.15, 0.2) is 0 Å². The number of amides is 1. The van der Waals surface area contributed by atoms with Gasteiger partial charge < -0.3 is 14.8 Å². The van der Waals surface area contributed by atoms with Crippen LogP contribution in [0.5, 0.6) is 0 Å². The van der Waals surface area contributed by atoms with Crippen molar-refractivity contribution >= 4 is 18.3 Å². The molecule has 2 unspecified atom stereocenters. The fraction of sp³-hybridized carbons (Fsp3) is 0.880. The minimum Gasteiger partial charge on any atom is -0.465 e. The lowest BCUT2D eigenvalue weighted by molar-refractivity contribution is -0.148. The molecule has 0 aromatic heterocycles. The van der Waals surface area contributed by atoms with Gasteiger partial charge in [-0.1, -0.05) is 41.5 Å². The quantitative estimate of drug-likeness (QED) is 0.170. The number of hydrogen-bond acceptors (Lipinski definition) is 6. The van der Waals surface area contributed by atoms with Gasteiger partial charge in [-0.3, -0.25) is 14.9 Å². The molecule has 188 valence electrons. The van der Waals surface area contributed by atoms with Gasteiger partial charge in [-0.05, 0) is 70.1 Å². The van der Waals surface area contributed by atoms with Gasteiger partial charge in [0.25, 0.3) is 0 Å². The molecule has 0 aromatic rings. The van der Waals surface area contributed by atoms with Crippen LogP contribution in [0.2, 0.25) is 0 Å². The highest BCUT2D eigenvalue weighted by atomic mass is 16.5. The molecule has 7 nitrogen and oxygen atoms in total. The predicted molar refractivity (Wildman–Crippen MR) is 128 cm³/mol. The van der Waals surface area contributed by atoms with Crippen molar-refractivity contribution in [1.82, 2.24) is 10.6 Å². The smallest absolute Gasteiger partial charge is 0.328 e. The number of esters is 2. The second-order valence-corrected chi connectivity index (χ2v) is 9.81. The molecule has 0 saturated heterocycles. The molecule has 0 aliphatic heterocycles. The first-order valence-electron chi connectivity index (χ1n) is 12.4. The Morgan fingerprint density at radius 2 is 1.25 bits per heavy atom. The zero-order valence-electron chi connectivity index (χ0n) is 21.5. The largest absolute Gasteiger partial charge is 0.465 e. The van der Waals surface area contributed by atoms with Gasteiger partial charge in [0.1, 0.15) is 12.1 Å². The summed E-state index contributed by atoms with van der Waals surface area (Å²) in [6.45, 7) is 15.4. The highest BCUT2D eigenvalue weighted by molar-refractivity contribution is 5.78. The van der Waals surface area contributed by atoms with E-state index in [1.165, 1.54) is 0 Å². The molecule has 32 heavy (non-hydrogen) atoms. The Labute approximate surface area is 195 Å². The minimum absolute atomic E-state index is 0.0641. The van der Waals surface area contributed by atoms with Crippen molar-refractivity contribution in [3.63, 3.8) is 0 Å². The van der Waals surface area contributed by atoms with Gasteiger partial charge in [0.05, 0.1) is 13.2 Å². The minimum atomic E-state index is -0.582.